The molecule has 0 amide bonds. The van der Waals surface area contributed by atoms with Gasteiger partial charge in [0, 0.05) is 6.61 Å². The smallest absolute Gasteiger partial charge is 0.160 e. The van der Waals surface area contributed by atoms with Crippen LogP contribution in [0.25, 0.3) is 11.1 Å². The molecule has 1 fully saturated rings. The van der Waals surface area contributed by atoms with Crippen LogP contribution in [0.3, 0.4) is 0 Å². The summed E-state index contributed by atoms with van der Waals surface area (Å²) in [7, 11) is 0. The van der Waals surface area contributed by atoms with Gasteiger partial charge in [0.05, 0.1) is 5.56 Å². The van der Waals surface area contributed by atoms with Crippen LogP contribution in [0.5, 0.6) is 0 Å². The zero-order valence-corrected chi connectivity index (χ0v) is 12.0. The van der Waals surface area contributed by atoms with E-state index in [2.05, 4.69) is 9.97 Å². The normalized spacial score (nSPS) is 18.4. The quantitative estimate of drug-likeness (QED) is 0.769. The van der Waals surface area contributed by atoms with Crippen LogP contribution in [-0.4, -0.2) is 16.6 Å². The van der Waals surface area contributed by atoms with Crippen LogP contribution in [-0.2, 0) is 4.74 Å². The van der Waals surface area contributed by atoms with E-state index < -0.39 is 0 Å². The van der Waals surface area contributed by atoms with E-state index in [1.807, 2.05) is 0 Å². The van der Waals surface area contributed by atoms with Gasteiger partial charge in [-0.05, 0) is 30.5 Å². The third-order valence-corrected chi connectivity index (χ3v) is 3.72. The number of nitrogens with zero attached hydrogens (tertiary/aromatic N) is 2. The summed E-state index contributed by atoms with van der Waals surface area (Å²) in [6.07, 6.45) is 1.66. The van der Waals surface area contributed by atoms with Gasteiger partial charge in [-0.25, -0.2) is 14.4 Å². The van der Waals surface area contributed by atoms with Gasteiger partial charge in [0.2, 0.25) is 0 Å². The molecule has 0 bridgehead atoms. The third-order valence-electron chi connectivity index (χ3n) is 3.17. The molecule has 1 aliphatic rings. The van der Waals surface area contributed by atoms with E-state index in [0.717, 1.165) is 12.8 Å². The van der Waals surface area contributed by atoms with Crippen LogP contribution >= 0.6 is 23.2 Å². The SMILES string of the molecule is Fc1cccc(-c2c(Cl)nc(C3CCCO3)nc2Cl)c1. The Bertz CT molecular complexity index is 622. The second kappa shape index (κ2) is 5.64. The highest BCUT2D eigenvalue weighted by Crippen LogP contribution is 2.35. The average molecular weight is 313 g/mol. The van der Waals surface area contributed by atoms with Crippen molar-refractivity contribution in [3.63, 3.8) is 0 Å². The minimum Gasteiger partial charge on any atom is -0.370 e. The molecule has 0 aliphatic carbocycles. The van der Waals surface area contributed by atoms with Gasteiger partial charge in [0.1, 0.15) is 22.2 Å². The van der Waals surface area contributed by atoms with E-state index in [4.69, 9.17) is 27.9 Å². The molecule has 0 N–H and O–H groups in total. The number of ether oxygens (including phenoxy) is 1. The lowest BCUT2D eigenvalue weighted by molar-refractivity contribution is 0.105. The predicted molar refractivity (Wildman–Crippen MR) is 75.4 cm³/mol. The molecule has 1 saturated heterocycles. The minimum absolute atomic E-state index is 0.161. The third kappa shape index (κ3) is 2.64. The molecule has 2 aromatic rings. The monoisotopic (exact) mass is 312 g/mol. The summed E-state index contributed by atoms with van der Waals surface area (Å²) in [6.45, 7) is 0.689. The van der Waals surface area contributed by atoms with Gasteiger partial charge >= 0.3 is 0 Å². The van der Waals surface area contributed by atoms with Gasteiger partial charge < -0.3 is 4.74 Å². The van der Waals surface area contributed by atoms with Crippen LogP contribution < -0.4 is 0 Å². The first-order valence-corrected chi connectivity index (χ1v) is 7.01. The number of halogens is 3. The average Bonchev–Trinajstić information content (AvgIpc) is 2.91. The van der Waals surface area contributed by atoms with Crippen LogP contribution in [0, 0.1) is 5.82 Å². The molecule has 2 heterocycles. The van der Waals surface area contributed by atoms with Gasteiger partial charge in [-0.2, -0.15) is 0 Å². The van der Waals surface area contributed by atoms with Crippen molar-refractivity contribution in [2.45, 2.75) is 18.9 Å². The maximum absolute atomic E-state index is 13.3. The summed E-state index contributed by atoms with van der Waals surface area (Å²) in [4.78, 5) is 8.49. The summed E-state index contributed by atoms with van der Waals surface area (Å²) in [6, 6.07) is 6.01. The molecular weight excluding hydrogens is 302 g/mol. The van der Waals surface area contributed by atoms with Crippen LogP contribution in [0.1, 0.15) is 24.8 Å². The molecule has 0 saturated carbocycles. The van der Waals surface area contributed by atoms with Crippen molar-refractivity contribution in [2.75, 3.05) is 6.61 Å². The van der Waals surface area contributed by atoms with Crippen molar-refractivity contribution in [1.29, 1.82) is 0 Å². The Morgan fingerprint density at radius 2 is 1.95 bits per heavy atom. The van der Waals surface area contributed by atoms with Gasteiger partial charge in [-0.1, -0.05) is 35.3 Å². The standard InChI is InChI=1S/C14H11Cl2FN2O/c15-12-11(8-3-1-4-9(17)7-8)13(16)19-14(18-12)10-5-2-6-20-10/h1,3-4,7,10H,2,5-6H2. The summed E-state index contributed by atoms with van der Waals surface area (Å²) in [5.74, 6) is 0.121. The number of benzene rings is 1. The van der Waals surface area contributed by atoms with Crippen molar-refractivity contribution in [2.24, 2.45) is 0 Å². The molecule has 104 valence electrons. The molecule has 3 nitrogen and oxygen atoms in total. The molecule has 3 rings (SSSR count). The summed E-state index contributed by atoms with van der Waals surface area (Å²) >= 11 is 12.4. The Balaban J connectivity index is 2.04. The minimum atomic E-state index is -0.363. The summed E-state index contributed by atoms with van der Waals surface area (Å²) in [5.41, 5.74) is 0.994. The van der Waals surface area contributed by atoms with Gasteiger partial charge in [0.15, 0.2) is 5.82 Å². The Morgan fingerprint density at radius 1 is 1.20 bits per heavy atom. The van der Waals surface area contributed by atoms with Crippen LogP contribution in [0.15, 0.2) is 24.3 Å². The van der Waals surface area contributed by atoms with Crippen molar-refractivity contribution in [1.82, 2.24) is 9.97 Å². The van der Waals surface area contributed by atoms with Crippen molar-refractivity contribution in [3.8, 4) is 11.1 Å². The summed E-state index contributed by atoms with van der Waals surface area (Å²) < 4.78 is 18.8. The lowest BCUT2D eigenvalue weighted by Gasteiger charge is -2.12. The fourth-order valence-electron chi connectivity index (χ4n) is 2.23. The molecule has 0 spiro atoms. The molecule has 1 unspecified atom stereocenters. The lowest BCUT2D eigenvalue weighted by Crippen LogP contribution is -2.04. The molecule has 1 aromatic carbocycles. The maximum atomic E-state index is 13.3. The van der Waals surface area contributed by atoms with Crippen LogP contribution in [0.4, 0.5) is 4.39 Å². The van der Waals surface area contributed by atoms with E-state index in [1.54, 1.807) is 12.1 Å². The lowest BCUT2D eigenvalue weighted by atomic mass is 10.1. The first kappa shape index (κ1) is 13.7. The number of rotatable bonds is 2. The molecule has 1 aromatic heterocycles. The Morgan fingerprint density at radius 3 is 2.55 bits per heavy atom. The Hall–Kier alpha value is -1.23. The topological polar surface area (TPSA) is 35.0 Å². The predicted octanol–water partition coefficient (Wildman–Crippen LogP) is 4.44. The zero-order chi connectivity index (χ0) is 14.1. The zero-order valence-electron chi connectivity index (χ0n) is 10.4. The molecule has 6 heteroatoms. The highest BCUT2D eigenvalue weighted by Gasteiger charge is 2.23. The molecule has 20 heavy (non-hydrogen) atoms. The Kier molecular flexibility index (Phi) is 3.87. The van der Waals surface area contributed by atoms with Crippen molar-refractivity contribution < 1.29 is 9.13 Å². The highest BCUT2D eigenvalue weighted by atomic mass is 35.5. The van der Waals surface area contributed by atoms with Gasteiger partial charge in [-0.15, -0.1) is 0 Å². The first-order valence-electron chi connectivity index (χ1n) is 6.25. The van der Waals surface area contributed by atoms with E-state index in [0.29, 0.717) is 23.6 Å². The molecule has 1 atom stereocenters. The van der Waals surface area contributed by atoms with E-state index in [-0.39, 0.29) is 22.2 Å². The first-order chi connectivity index (χ1) is 9.65. The number of hydrogen-bond donors (Lipinski definition) is 0. The van der Waals surface area contributed by atoms with E-state index in [9.17, 15) is 4.39 Å². The van der Waals surface area contributed by atoms with Crippen molar-refractivity contribution in [3.05, 3.63) is 46.2 Å². The number of aromatic nitrogens is 2. The molecule has 0 radical (unpaired) electrons. The second-order valence-corrected chi connectivity index (χ2v) is 5.27. The fraction of sp³-hybridized carbons (Fsp3) is 0.286. The maximum Gasteiger partial charge on any atom is 0.160 e. The summed E-state index contributed by atoms with van der Waals surface area (Å²) in [5, 5.41) is 0.419. The van der Waals surface area contributed by atoms with E-state index >= 15 is 0 Å². The fourth-order valence-corrected chi connectivity index (χ4v) is 2.85. The van der Waals surface area contributed by atoms with Gasteiger partial charge in [-0.3, -0.25) is 0 Å². The molecule has 1 aliphatic heterocycles. The highest BCUT2D eigenvalue weighted by molar-refractivity contribution is 6.37. The second-order valence-electron chi connectivity index (χ2n) is 4.55. The van der Waals surface area contributed by atoms with Crippen molar-refractivity contribution >= 4 is 23.2 Å². The molecular formula is C14H11Cl2FN2O. The van der Waals surface area contributed by atoms with E-state index in [1.165, 1.54) is 12.1 Å². The Labute approximate surface area is 125 Å². The number of hydrogen-bond acceptors (Lipinski definition) is 3. The van der Waals surface area contributed by atoms with Gasteiger partial charge in [0.25, 0.3) is 0 Å². The van der Waals surface area contributed by atoms with Crippen LogP contribution in [0.2, 0.25) is 10.3 Å². The largest absolute Gasteiger partial charge is 0.370 e.